The van der Waals surface area contributed by atoms with Gasteiger partial charge in [-0.05, 0) is 36.2 Å². The molecule has 3 aromatic rings. The lowest BCUT2D eigenvalue weighted by atomic mass is 10.0. The van der Waals surface area contributed by atoms with Gasteiger partial charge in [0.1, 0.15) is 12.9 Å². The number of rotatable bonds is 5. The highest BCUT2D eigenvalue weighted by Crippen LogP contribution is 2.32. The van der Waals surface area contributed by atoms with Crippen LogP contribution < -0.4 is 0 Å². The Morgan fingerprint density at radius 1 is 1.28 bits per heavy atom. The molecule has 2 aromatic carbocycles. The van der Waals surface area contributed by atoms with Gasteiger partial charge in [-0.1, -0.05) is 46.2 Å². The van der Waals surface area contributed by atoms with E-state index >= 15 is 0 Å². The minimum Gasteiger partial charge on any atom is -0.399 e. The van der Waals surface area contributed by atoms with Crippen LogP contribution in [0.15, 0.2) is 52.1 Å². The quantitative estimate of drug-likeness (QED) is 0.562. The van der Waals surface area contributed by atoms with Crippen molar-refractivity contribution in [2.45, 2.75) is 25.9 Å². The SMILES string of the molecule is CO/N=C1/C[C@@H](c2nc(C)no2)N(Cc2ccc(-c3ccc(F)cc3Cl)cc2)C1. The summed E-state index contributed by atoms with van der Waals surface area (Å²) in [7, 11) is 1.54. The summed E-state index contributed by atoms with van der Waals surface area (Å²) in [5.74, 6) is 0.844. The molecule has 29 heavy (non-hydrogen) atoms. The van der Waals surface area contributed by atoms with Crippen molar-refractivity contribution in [3.8, 4) is 11.1 Å². The van der Waals surface area contributed by atoms with Gasteiger partial charge in [0, 0.05) is 25.1 Å². The molecule has 1 aliphatic rings. The highest BCUT2D eigenvalue weighted by Gasteiger charge is 2.34. The minimum absolute atomic E-state index is 0.0451. The first kappa shape index (κ1) is 19.5. The average molecular weight is 415 g/mol. The molecule has 0 N–H and O–H groups in total. The van der Waals surface area contributed by atoms with Crippen LogP contribution >= 0.6 is 11.6 Å². The summed E-state index contributed by atoms with van der Waals surface area (Å²) >= 11 is 6.18. The van der Waals surface area contributed by atoms with Crippen LogP contribution in [-0.2, 0) is 11.4 Å². The first-order valence-electron chi connectivity index (χ1n) is 9.21. The van der Waals surface area contributed by atoms with Gasteiger partial charge in [-0.25, -0.2) is 4.39 Å². The van der Waals surface area contributed by atoms with Crippen LogP contribution in [0.4, 0.5) is 4.39 Å². The fraction of sp³-hybridized carbons (Fsp3) is 0.286. The van der Waals surface area contributed by atoms with E-state index in [1.54, 1.807) is 20.1 Å². The molecular weight excluding hydrogens is 395 g/mol. The van der Waals surface area contributed by atoms with Gasteiger partial charge in [0.15, 0.2) is 5.82 Å². The summed E-state index contributed by atoms with van der Waals surface area (Å²) in [5.41, 5.74) is 3.79. The monoisotopic (exact) mass is 414 g/mol. The maximum atomic E-state index is 13.3. The number of aromatic nitrogens is 2. The maximum absolute atomic E-state index is 13.3. The summed E-state index contributed by atoms with van der Waals surface area (Å²) in [4.78, 5) is 11.6. The van der Waals surface area contributed by atoms with Crippen LogP contribution in [-0.4, -0.2) is 34.4 Å². The largest absolute Gasteiger partial charge is 0.399 e. The van der Waals surface area contributed by atoms with Crippen LogP contribution in [0.1, 0.15) is 29.7 Å². The summed E-state index contributed by atoms with van der Waals surface area (Å²) in [6, 6.07) is 12.4. The molecule has 0 amide bonds. The number of nitrogens with zero attached hydrogens (tertiary/aromatic N) is 4. The minimum atomic E-state index is -0.347. The zero-order valence-corrected chi connectivity index (χ0v) is 16.9. The van der Waals surface area contributed by atoms with E-state index in [-0.39, 0.29) is 11.9 Å². The molecule has 2 heterocycles. The third-order valence-corrected chi connectivity index (χ3v) is 5.20. The van der Waals surface area contributed by atoms with Gasteiger partial charge in [0.25, 0.3) is 0 Å². The van der Waals surface area contributed by atoms with Crippen molar-refractivity contribution < 1.29 is 13.8 Å². The van der Waals surface area contributed by atoms with Crippen LogP contribution in [0.2, 0.25) is 5.02 Å². The van der Waals surface area contributed by atoms with Crippen molar-refractivity contribution >= 4 is 17.3 Å². The van der Waals surface area contributed by atoms with E-state index in [4.69, 9.17) is 21.0 Å². The molecule has 1 fully saturated rings. The topological polar surface area (TPSA) is 63.8 Å². The van der Waals surface area contributed by atoms with E-state index in [0.717, 1.165) is 22.4 Å². The lowest BCUT2D eigenvalue weighted by Crippen LogP contribution is -2.23. The number of likely N-dealkylation sites (tertiary alicyclic amines) is 1. The van der Waals surface area contributed by atoms with Gasteiger partial charge in [0.05, 0.1) is 16.8 Å². The second kappa shape index (κ2) is 8.31. The normalized spacial score (nSPS) is 18.5. The standard InChI is InChI=1S/C21H20ClFN4O2/c1-13-24-21(29-25-13)20-10-17(26-28-2)12-27(20)11-14-3-5-15(6-4-14)18-8-7-16(23)9-19(18)22/h3-9,20H,10-12H2,1-2H3/b26-17-/t20-/m0/s1. The lowest BCUT2D eigenvalue weighted by Gasteiger charge is -2.21. The average Bonchev–Trinajstić information content (AvgIpc) is 3.29. The van der Waals surface area contributed by atoms with Gasteiger partial charge in [0.2, 0.25) is 5.89 Å². The Hall–Kier alpha value is -2.77. The molecule has 6 nitrogen and oxygen atoms in total. The third-order valence-electron chi connectivity index (χ3n) is 4.89. The second-order valence-electron chi connectivity index (χ2n) is 6.97. The molecule has 0 unspecified atom stereocenters. The molecule has 0 saturated carbocycles. The molecular formula is C21H20ClFN4O2. The van der Waals surface area contributed by atoms with Crippen LogP contribution in [0, 0.1) is 12.7 Å². The van der Waals surface area contributed by atoms with Crippen LogP contribution in [0.5, 0.6) is 0 Å². The summed E-state index contributed by atoms with van der Waals surface area (Å²) < 4.78 is 18.7. The summed E-state index contributed by atoms with van der Waals surface area (Å²) in [5, 5.41) is 8.41. The summed E-state index contributed by atoms with van der Waals surface area (Å²) in [6.07, 6.45) is 0.679. The number of halogens is 2. The Kier molecular flexibility index (Phi) is 5.60. The van der Waals surface area contributed by atoms with Crippen molar-refractivity contribution in [1.29, 1.82) is 0 Å². The van der Waals surface area contributed by atoms with E-state index in [9.17, 15) is 4.39 Å². The molecule has 0 bridgehead atoms. The molecule has 1 saturated heterocycles. The molecule has 1 aromatic heterocycles. The molecule has 150 valence electrons. The van der Waals surface area contributed by atoms with E-state index in [1.807, 2.05) is 24.3 Å². The lowest BCUT2D eigenvalue weighted by molar-refractivity contribution is 0.201. The smallest absolute Gasteiger partial charge is 0.244 e. The first-order valence-corrected chi connectivity index (χ1v) is 9.59. The van der Waals surface area contributed by atoms with Crippen LogP contribution in [0.25, 0.3) is 11.1 Å². The molecule has 0 spiro atoms. The van der Waals surface area contributed by atoms with Crippen molar-refractivity contribution in [3.63, 3.8) is 0 Å². The Morgan fingerprint density at radius 3 is 2.72 bits per heavy atom. The van der Waals surface area contributed by atoms with Crippen molar-refractivity contribution in [2.24, 2.45) is 5.16 Å². The molecule has 0 radical (unpaired) electrons. The number of oxime groups is 1. The van der Waals surface area contributed by atoms with Gasteiger partial charge in [-0.2, -0.15) is 4.98 Å². The first-order chi connectivity index (χ1) is 14.0. The maximum Gasteiger partial charge on any atom is 0.244 e. The predicted molar refractivity (Wildman–Crippen MR) is 108 cm³/mol. The number of benzene rings is 2. The highest BCUT2D eigenvalue weighted by atomic mass is 35.5. The predicted octanol–water partition coefficient (Wildman–Crippen LogP) is 4.79. The van der Waals surface area contributed by atoms with Gasteiger partial charge < -0.3 is 9.36 Å². The van der Waals surface area contributed by atoms with Gasteiger partial charge in [-0.3, -0.25) is 4.90 Å². The van der Waals surface area contributed by atoms with Crippen molar-refractivity contribution in [2.75, 3.05) is 13.7 Å². The van der Waals surface area contributed by atoms with E-state index in [2.05, 4.69) is 20.2 Å². The number of aryl methyl sites for hydroxylation is 1. The van der Waals surface area contributed by atoms with E-state index < -0.39 is 0 Å². The molecule has 1 aliphatic heterocycles. The number of hydrogen-bond donors (Lipinski definition) is 0. The van der Waals surface area contributed by atoms with E-state index in [0.29, 0.717) is 36.2 Å². The Labute approximate surface area is 172 Å². The zero-order valence-electron chi connectivity index (χ0n) is 16.1. The Balaban J connectivity index is 1.54. The zero-order chi connectivity index (χ0) is 20.4. The highest BCUT2D eigenvalue weighted by molar-refractivity contribution is 6.33. The Morgan fingerprint density at radius 2 is 2.07 bits per heavy atom. The molecule has 0 aliphatic carbocycles. The van der Waals surface area contributed by atoms with Crippen LogP contribution in [0.3, 0.4) is 0 Å². The van der Waals surface area contributed by atoms with Gasteiger partial charge >= 0.3 is 0 Å². The molecule has 8 heteroatoms. The fourth-order valence-corrected chi connectivity index (χ4v) is 3.84. The third kappa shape index (κ3) is 4.31. The van der Waals surface area contributed by atoms with Crippen molar-refractivity contribution in [1.82, 2.24) is 15.0 Å². The second-order valence-corrected chi connectivity index (χ2v) is 7.37. The van der Waals surface area contributed by atoms with E-state index in [1.165, 1.54) is 12.1 Å². The Bertz CT molecular complexity index is 1040. The number of hydrogen-bond acceptors (Lipinski definition) is 6. The molecule has 4 rings (SSSR count). The molecule has 1 atom stereocenters. The van der Waals surface area contributed by atoms with Gasteiger partial charge in [-0.15, -0.1) is 0 Å². The summed E-state index contributed by atoms with van der Waals surface area (Å²) in [6.45, 7) is 3.15. The fourth-order valence-electron chi connectivity index (χ4n) is 3.56. The van der Waals surface area contributed by atoms with Crippen molar-refractivity contribution in [3.05, 3.63) is 70.6 Å².